The fourth-order valence-electron chi connectivity index (χ4n) is 3.76. The highest BCUT2D eigenvalue weighted by Crippen LogP contribution is 2.44. The van der Waals surface area contributed by atoms with Gasteiger partial charge in [0.2, 0.25) is 0 Å². The molecule has 0 amide bonds. The summed E-state index contributed by atoms with van der Waals surface area (Å²) in [5.41, 5.74) is 4.50. The normalized spacial score (nSPS) is 18.7. The van der Waals surface area contributed by atoms with Crippen molar-refractivity contribution in [3.8, 4) is 11.5 Å². The minimum atomic E-state index is 0.129. The number of methoxy groups -OCH3 is 2. The molecule has 0 radical (unpaired) electrons. The van der Waals surface area contributed by atoms with E-state index in [2.05, 4.69) is 49.8 Å². The van der Waals surface area contributed by atoms with Crippen LogP contribution in [0.4, 0.5) is 11.4 Å². The fourth-order valence-corrected chi connectivity index (χ4v) is 3.76. The van der Waals surface area contributed by atoms with Crippen LogP contribution in [0.2, 0.25) is 0 Å². The Hall–Kier alpha value is -2.49. The first-order chi connectivity index (χ1) is 12.4. The molecular formula is C22H28N2O2. The first kappa shape index (κ1) is 18.3. The number of para-hydroxylation sites is 2. The van der Waals surface area contributed by atoms with Crippen LogP contribution in [0.1, 0.15) is 44.2 Å². The number of aliphatic imine (C=N–C) groups is 1. The zero-order chi connectivity index (χ0) is 18.9. The number of hydrogen-bond acceptors (Lipinski definition) is 4. The van der Waals surface area contributed by atoms with Gasteiger partial charge in [-0.15, -0.1) is 0 Å². The number of nitrogens with zero attached hydrogens (tertiary/aromatic N) is 2. The van der Waals surface area contributed by atoms with Crippen LogP contribution < -0.4 is 14.4 Å². The molecule has 4 nitrogen and oxygen atoms in total. The van der Waals surface area contributed by atoms with E-state index in [0.29, 0.717) is 5.92 Å². The lowest BCUT2D eigenvalue weighted by atomic mass is 9.80. The quantitative estimate of drug-likeness (QED) is 0.711. The van der Waals surface area contributed by atoms with Crippen LogP contribution in [-0.2, 0) is 0 Å². The van der Waals surface area contributed by atoms with Crippen molar-refractivity contribution in [2.24, 2.45) is 4.99 Å². The maximum atomic E-state index is 5.66. The first-order valence-corrected chi connectivity index (χ1v) is 9.00. The van der Waals surface area contributed by atoms with Gasteiger partial charge in [-0.2, -0.15) is 0 Å². The van der Waals surface area contributed by atoms with E-state index in [1.54, 1.807) is 14.2 Å². The lowest BCUT2D eigenvalue weighted by molar-refractivity contribution is 0.389. The number of anilines is 1. The summed E-state index contributed by atoms with van der Waals surface area (Å²) in [6, 6.07) is 12.1. The molecule has 1 unspecified atom stereocenters. The van der Waals surface area contributed by atoms with E-state index in [9.17, 15) is 0 Å². The SMILES string of the molecule is COc1cc2c(cc1C=Nc1ccccc1OC)C(C)CC(C)(C)N2C. The zero-order valence-electron chi connectivity index (χ0n) is 16.5. The molecule has 3 rings (SSSR count). The van der Waals surface area contributed by atoms with Crippen molar-refractivity contribution in [1.82, 2.24) is 0 Å². The van der Waals surface area contributed by atoms with Gasteiger partial charge in [0.1, 0.15) is 17.2 Å². The molecule has 0 saturated carbocycles. The maximum absolute atomic E-state index is 5.66. The molecule has 2 aromatic carbocycles. The number of hydrogen-bond donors (Lipinski definition) is 0. The van der Waals surface area contributed by atoms with E-state index in [-0.39, 0.29) is 5.54 Å². The molecule has 1 aliphatic heterocycles. The van der Waals surface area contributed by atoms with E-state index in [1.807, 2.05) is 30.5 Å². The van der Waals surface area contributed by atoms with Crippen LogP contribution in [-0.4, -0.2) is 33.0 Å². The van der Waals surface area contributed by atoms with Crippen molar-refractivity contribution in [3.05, 3.63) is 47.5 Å². The number of benzene rings is 2. The van der Waals surface area contributed by atoms with E-state index in [1.165, 1.54) is 11.3 Å². The molecule has 0 aliphatic carbocycles. The highest BCUT2D eigenvalue weighted by atomic mass is 16.5. The molecule has 26 heavy (non-hydrogen) atoms. The molecule has 1 heterocycles. The minimum absolute atomic E-state index is 0.129. The lowest BCUT2D eigenvalue weighted by Gasteiger charge is -2.45. The number of rotatable bonds is 4. The Bertz CT molecular complexity index is 827. The molecule has 0 saturated heterocycles. The Morgan fingerprint density at radius 3 is 2.50 bits per heavy atom. The van der Waals surface area contributed by atoms with Crippen LogP contribution >= 0.6 is 0 Å². The van der Waals surface area contributed by atoms with Gasteiger partial charge in [-0.3, -0.25) is 4.99 Å². The van der Waals surface area contributed by atoms with Crippen molar-refractivity contribution in [1.29, 1.82) is 0 Å². The topological polar surface area (TPSA) is 34.1 Å². The molecular weight excluding hydrogens is 324 g/mol. The predicted octanol–water partition coefficient (Wildman–Crippen LogP) is 5.18. The maximum Gasteiger partial charge on any atom is 0.144 e. The number of ether oxygens (including phenoxy) is 2. The van der Waals surface area contributed by atoms with Gasteiger partial charge < -0.3 is 14.4 Å². The van der Waals surface area contributed by atoms with Crippen LogP contribution in [0.25, 0.3) is 0 Å². The van der Waals surface area contributed by atoms with E-state index < -0.39 is 0 Å². The van der Waals surface area contributed by atoms with Crippen LogP contribution in [0.3, 0.4) is 0 Å². The molecule has 0 spiro atoms. The molecule has 2 aromatic rings. The summed E-state index contributed by atoms with van der Waals surface area (Å²) in [6.07, 6.45) is 2.98. The summed E-state index contributed by atoms with van der Waals surface area (Å²) in [6.45, 7) is 6.87. The average molecular weight is 352 g/mol. The molecule has 0 aromatic heterocycles. The van der Waals surface area contributed by atoms with E-state index >= 15 is 0 Å². The van der Waals surface area contributed by atoms with Crippen LogP contribution in [0.15, 0.2) is 41.4 Å². The summed E-state index contributed by atoms with van der Waals surface area (Å²) in [7, 11) is 5.53. The Morgan fingerprint density at radius 1 is 1.12 bits per heavy atom. The van der Waals surface area contributed by atoms with E-state index in [4.69, 9.17) is 9.47 Å². The molecule has 0 bridgehead atoms. The smallest absolute Gasteiger partial charge is 0.144 e. The summed E-state index contributed by atoms with van der Waals surface area (Å²) < 4.78 is 11.0. The second-order valence-electron chi connectivity index (χ2n) is 7.56. The van der Waals surface area contributed by atoms with Crippen LogP contribution in [0, 0.1) is 0 Å². The Kier molecular flexibility index (Phi) is 4.94. The second kappa shape index (κ2) is 7.02. The molecule has 1 atom stereocenters. The second-order valence-corrected chi connectivity index (χ2v) is 7.56. The molecule has 1 aliphatic rings. The summed E-state index contributed by atoms with van der Waals surface area (Å²) in [4.78, 5) is 6.99. The zero-order valence-corrected chi connectivity index (χ0v) is 16.5. The van der Waals surface area contributed by atoms with E-state index in [0.717, 1.165) is 29.2 Å². The van der Waals surface area contributed by atoms with Gasteiger partial charge in [-0.25, -0.2) is 0 Å². The van der Waals surface area contributed by atoms with Gasteiger partial charge in [0, 0.05) is 36.1 Å². The molecule has 0 fully saturated rings. The van der Waals surface area contributed by atoms with Gasteiger partial charge in [-0.05, 0) is 49.9 Å². The Labute approximate surface area is 156 Å². The Morgan fingerprint density at radius 2 is 1.81 bits per heavy atom. The summed E-state index contributed by atoms with van der Waals surface area (Å²) in [5, 5.41) is 0. The van der Waals surface area contributed by atoms with Crippen molar-refractivity contribution in [2.75, 3.05) is 26.2 Å². The largest absolute Gasteiger partial charge is 0.496 e. The number of fused-ring (bicyclic) bond motifs is 1. The third-order valence-electron chi connectivity index (χ3n) is 5.41. The first-order valence-electron chi connectivity index (χ1n) is 9.00. The lowest BCUT2D eigenvalue weighted by Crippen LogP contribution is -2.45. The summed E-state index contributed by atoms with van der Waals surface area (Å²) in [5.74, 6) is 2.08. The van der Waals surface area contributed by atoms with Crippen molar-refractivity contribution < 1.29 is 9.47 Å². The highest BCUT2D eigenvalue weighted by Gasteiger charge is 2.34. The third-order valence-corrected chi connectivity index (χ3v) is 5.41. The fraction of sp³-hybridized carbons (Fsp3) is 0.409. The van der Waals surface area contributed by atoms with Gasteiger partial charge in [0.15, 0.2) is 0 Å². The van der Waals surface area contributed by atoms with Crippen molar-refractivity contribution >= 4 is 17.6 Å². The Balaban J connectivity index is 2.04. The van der Waals surface area contributed by atoms with Gasteiger partial charge in [-0.1, -0.05) is 19.1 Å². The predicted molar refractivity (Wildman–Crippen MR) is 109 cm³/mol. The van der Waals surface area contributed by atoms with Gasteiger partial charge >= 0.3 is 0 Å². The highest BCUT2D eigenvalue weighted by molar-refractivity contribution is 5.88. The third kappa shape index (κ3) is 3.28. The standard InChI is InChI=1S/C22H28N2O2/c1-15-13-22(2,3)24(4)19-12-21(26-6)16(11-17(15)19)14-23-18-9-7-8-10-20(18)25-5/h7-12,14-15H,13H2,1-6H3. The average Bonchev–Trinajstić information content (AvgIpc) is 2.63. The molecule has 4 heteroatoms. The van der Waals surface area contributed by atoms with Crippen molar-refractivity contribution in [3.63, 3.8) is 0 Å². The van der Waals surface area contributed by atoms with Gasteiger partial charge in [0.25, 0.3) is 0 Å². The molecule has 0 N–H and O–H groups in total. The van der Waals surface area contributed by atoms with Gasteiger partial charge in [0.05, 0.1) is 14.2 Å². The monoisotopic (exact) mass is 352 g/mol. The van der Waals surface area contributed by atoms with Crippen molar-refractivity contribution in [2.45, 2.75) is 38.6 Å². The van der Waals surface area contributed by atoms with Crippen LogP contribution in [0.5, 0.6) is 11.5 Å². The molecule has 138 valence electrons. The minimum Gasteiger partial charge on any atom is -0.496 e. The summed E-state index contributed by atoms with van der Waals surface area (Å²) >= 11 is 0.